The number of hydrogen-bond acceptors (Lipinski definition) is 4. The van der Waals surface area contributed by atoms with Gasteiger partial charge in [-0.05, 0) is 25.5 Å². The number of thiazole rings is 1. The van der Waals surface area contributed by atoms with Gasteiger partial charge in [-0.2, -0.15) is 0 Å². The van der Waals surface area contributed by atoms with Crippen molar-refractivity contribution in [2.45, 2.75) is 26.3 Å². The summed E-state index contributed by atoms with van der Waals surface area (Å²) < 4.78 is 1.26. The molecule has 0 aliphatic heterocycles. The van der Waals surface area contributed by atoms with Crippen LogP contribution in [0, 0.1) is 0 Å². The minimum atomic E-state index is -1.15. The first-order chi connectivity index (χ1) is 10.5. The molecule has 6 nitrogen and oxygen atoms in total. The molecule has 0 aliphatic carbocycles. The number of para-hydroxylation sites is 1. The van der Waals surface area contributed by atoms with Gasteiger partial charge in [0.25, 0.3) is 0 Å². The molecule has 0 aliphatic rings. The summed E-state index contributed by atoms with van der Waals surface area (Å²) in [4.78, 5) is 35.1. The molecule has 1 aromatic heterocycles. The number of aromatic nitrogens is 1. The van der Waals surface area contributed by atoms with Gasteiger partial charge >= 0.3 is 10.8 Å². The molecule has 0 saturated carbocycles. The number of nitrogens with one attached hydrogen (secondary N) is 1. The van der Waals surface area contributed by atoms with Gasteiger partial charge in [0, 0.05) is 11.4 Å². The first-order valence-electron chi connectivity index (χ1n) is 6.79. The van der Waals surface area contributed by atoms with E-state index in [2.05, 4.69) is 5.32 Å². The number of aromatic carboxylic acids is 1. The van der Waals surface area contributed by atoms with Crippen LogP contribution in [0.1, 0.15) is 35.3 Å². The predicted octanol–water partition coefficient (Wildman–Crippen LogP) is 2.37. The van der Waals surface area contributed by atoms with Crippen molar-refractivity contribution in [3.8, 4) is 0 Å². The molecule has 2 rings (SSSR count). The fourth-order valence-corrected chi connectivity index (χ4v) is 3.18. The van der Waals surface area contributed by atoms with Gasteiger partial charge in [-0.3, -0.25) is 14.2 Å². The zero-order valence-electron chi connectivity index (χ0n) is 12.2. The normalized spacial score (nSPS) is 11.9. The summed E-state index contributed by atoms with van der Waals surface area (Å²) in [6.07, 6.45) is 0.364. The zero-order valence-corrected chi connectivity index (χ0v) is 13.0. The minimum Gasteiger partial charge on any atom is -0.477 e. The van der Waals surface area contributed by atoms with Crippen LogP contribution in [-0.2, 0) is 11.2 Å². The van der Waals surface area contributed by atoms with E-state index in [4.69, 9.17) is 5.11 Å². The Balaban J connectivity index is 2.33. The second-order valence-electron chi connectivity index (χ2n) is 4.70. The third kappa shape index (κ3) is 3.09. The molecule has 0 saturated heterocycles. The summed E-state index contributed by atoms with van der Waals surface area (Å²) >= 11 is 0.654. The van der Waals surface area contributed by atoms with E-state index in [0.29, 0.717) is 29.1 Å². The van der Waals surface area contributed by atoms with Gasteiger partial charge in [0.05, 0.1) is 0 Å². The maximum atomic E-state index is 12.3. The Kier molecular flexibility index (Phi) is 4.77. The molecule has 1 atom stereocenters. The molecule has 22 heavy (non-hydrogen) atoms. The lowest BCUT2D eigenvalue weighted by atomic mass is 10.2. The Morgan fingerprint density at radius 2 is 1.95 bits per heavy atom. The second-order valence-corrected chi connectivity index (χ2v) is 5.67. The number of nitrogens with zero attached hydrogens (tertiary/aromatic N) is 1. The van der Waals surface area contributed by atoms with Crippen molar-refractivity contribution in [1.29, 1.82) is 0 Å². The van der Waals surface area contributed by atoms with Crippen LogP contribution in [0.3, 0.4) is 0 Å². The first kappa shape index (κ1) is 16.0. The maximum absolute atomic E-state index is 12.3. The molecule has 0 fully saturated rings. The van der Waals surface area contributed by atoms with Gasteiger partial charge < -0.3 is 10.4 Å². The second kappa shape index (κ2) is 6.57. The SMILES string of the molecule is CCc1c(C(=O)O)sc(=O)n1C(C)C(=O)Nc1ccccc1. The maximum Gasteiger partial charge on any atom is 0.347 e. The molecule has 116 valence electrons. The number of carboxylic acid groups (broad SMARTS) is 1. The van der Waals surface area contributed by atoms with Crippen molar-refractivity contribution in [2.24, 2.45) is 0 Å². The molecule has 0 radical (unpaired) electrons. The van der Waals surface area contributed by atoms with E-state index < -0.39 is 16.9 Å². The quantitative estimate of drug-likeness (QED) is 0.885. The average molecular weight is 320 g/mol. The Bertz CT molecular complexity index is 749. The molecule has 1 aromatic carbocycles. The van der Waals surface area contributed by atoms with Gasteiger partial charge in [0.2, 0.25) is 5.91 Å². The molecule has 1 heterocycles. The molecule has 1 unspecified atom stereocenters. The highest BCUT2D eigenvalue weighted by Gasteiger charge is 2.25. The fraction of sp³-hybridized carbons (Fsp3) is 0.267. The Morgan fingerprint density at radius 1 is 1.32 bits per heavy atom. The number of hydrogen-bond donors (Lipinski definition) is 2. The molecular weight excluding hydrogens is 304 g/mol. The Labute approximate surface area is 131 Å². The van der Waals surface area contributed by atoms with E-state index in [1.165, 1.54) is 4.57 Å². The van der Waals surface area contributed by atoms with Crippen LogP contribution in [0.25, 0.3) is 0 Å². The van der Waals surface area contributed by atoms with Gasteiger partial charge in [-0.15, -0.1) is 0 Å². The Morgan fingerprint density at radius 3 is 2.50 bits per heavy atom. The molecule has 2 aromatic rings. The van der Waals surface area contributed by atoms with E-state index in [9.17, 15) is 14.4 Å². The lowest BCUT2D eigenvalue weighted by molar-refractivity contribution is -0.118. The number of carbonyl (C=O) groups excluding carboxylic acids is 1. The lowest BCUT2D eigenvalue weighted by Gasteiger charge is -2.15. The predicted molar refractivity (Wildman–Crippen MR) is 84.7 cm³/mol. The van der Waals surface area contributed by atoms with Gasteiger partial charge in [0.1, 0.15) is 10.9 Å². The van der Waals surface area contributed by atoms with Crippen LogP contribution in [0.5, 0.6) is 0 Å². The van der Waals surface area contributed by atoms with Crippen molar-refractivity contribution in [3.63, 3.8) is 0 Å². The van der Waals surface area contributed by atoms with Crippen molar-refractivity contribution in [3.05, 3.63) is 50.6 Å². The van der Waals surface area contributed by atoms with E-state index in [1.807, 2.05) is 6.07 Å². The third-order valence-corrected chi connectivity index (χ3v) is 4.26. The van der Waals surface area contributed by atoms with Gasteiger partial charge in [-0.1, -0.05) is 36.5 Å². The average Bonchev–Trinajstić information content (AvgIpc) is 2.84. The summed E-state index contributed by atoms with van der Waals surface area (Å²) in [7, 11) is 0. The highest BCUT2D eigenvalue weighted by molar-refractivity contribution is 7.11. The van der Waals surface area contributed by atoms with Crippen LogP contribution >= 0.6 is 11.3 Å². The van der Waals surface area contributed by atoms with E-state index in [1.54, 1.807) is 38.1 Å². The summed E-state index contributed by atoms with van der Waals surface area (Å²) in [5, 5.41) is 11.9. The summed E-state index contributed by atoms with van der Waals surface area (Å²) in [5.41, 5.74) is 0.998. The van der Waals surface area contributed by atoms with Crippen molar-refractivity contribution in [1.82, 2.24) is 4.57 Å². The topological polar surface area (TPSA) is 88.4 Å². The fourth-order valence-electron chi connectivity index (χ4n) is 2.19. The number of anilines is 1. The zero-order chi connectivity index (χ0) is 16.3. The monoisotopic (exact) mass is 320 g/mol. The van der Waals surface area contributed by atoms with Crippen LogP contribution in [0.4, 0.5) is 5.69 Å². The summed E-state index contributed by atoms with van der Waals surface area (Å²) in [5.74, 6) is -1.51. The van der Waals surface area contributed by atoms with Crippen molar-refractivity contribution in [2.75, 3.05) is 5.32 Å². The van der Waals surface area contributed by atoms with Crippen molar-refractivity contribution < 1.29 is 14.7 Å². The Hall–Kier alpha value is -2.41. The highest BCUT2D eigenvalue weighted by Crippen LogP contribution is 2.19. The molecule has 1 amide bonds. The number of amides is 1. The summed E-state index contributed by atoms with van der Waals surface area (Å²) in [6.45, 7) is 3.34. The molecule has 2 N–H and O–H groups in total. The smallest absolute Gasteiger partial charge is 0.347 e. The molecule has 7 heteroatoms. The summed E-state index contributed by atoms with van der Waals surface area (Å²) in [6, 6.07) is 8.10. The van der Waals surface area contributed by atoms with Gasteiger partial charge in [0.15, 0.2) is 0 Å². The van der Waals surface area contributed by atoms with E-state index >= 15 is 0 Å². The molecular formula is C15H16N2O4S. The first-order valence-corrected chi connectivity index (χ1v) is 7.60. The van der Waals surface area contributed by atoms with Crippen LogP contribution in [0.15, 0.2) is 35.1 Å². The number of carbonyl (C=O) groups is 2. The van der Waals surface area contributed by atoms with Crippen LogP contribution in [0.2, 0.25) is 0 Å². The van der Waals surface area contributed by atoms with E-state index in [-0.39, 0.29) is 10.8 Å². The molecule has 0 bridgehead atoms. The number of benzene rings is 1. The van der Waals surface area contributed by atoms with Crippen LogP contribution in [-0.4, -0.2) is 21.6 Å². The number of rotatable bonds is 5. The number of carboxylic acids is 1. The minimum absolute atomic E-state index is 0.00754. The molecule has 0 spiro atoms. The van der Waals surface area contributed by atoms with Crippen molar-refractivity contribution >= 4 is 28.9 Å². The van der Waals surface area contributed by atoms with Crippen LogP contribution < -0.4 is 10.2 Å². The lowest BCUT2D eigenvalue weighted by Crippen LogP contribution is -2.30. The highest BCUT2D eigenvalue weighted by atomic mass is 32.1. The van der Waals surface area contributed by atoms with E-state index in [0.717, 1.165) is 0 Å². The van der Waals surface area contributed by atoms with Gasteiger partial charge in [-0.25, -0.2) is 4.79 Å². The standard InChI is InChI=1S/C15H16N2O4S/c1-3-11-12(14(19)20)22-15(21)17(11)9(2)13(18)16-10-7-5-4-6-8-10/h4-9H,3H2,1-2H3,(H,16,18)(H,19,20). The third-order valence-electron chi connectivity index (χ3n) is 3.28. The largest absolute Gasteiger partial charge is 0.477 e.